The summed E-state index contributed by atoms with van der Waals surface area (Å²) in [5.41, 5.74) is 5.67. The molecule has 2 aliphatic heterocycles. The van der Waals surface area contributed by atoms with Gasteiger partial charge in [-0.3, -0.25) is 9.47 Å². The summed E-state index contributed by atoms with van der Waals surface area (Å²) in [5.74, 6) is 4.33. The smallest absolute Gasteiger partial charge is 0.321 e. The third-order valence-corrected chi connectivity index (χ3v) is 26.7. The van der Waals surface area contributed by atoms with E-state index < -0.39 is 28.4 Å². The molecule has 0 spiro atoms. The Morgan fingerprint density at radius 1 is 0.853 bits per heavy atom. The second-order valence-electron chi connectivity index (χ2n) is 21.4. The number of halogens is 2. The van der Waals surface area contributed by atoms with Crippen LogP contribution in [0.15, 0.2) is 84.9 Å². The molecule has 9 nitrogen and oxygen atoms in total. The van der Waals surface area contributed by atoms with Crippen molar-refractivity contribution >= 4 is 48.7 Å². The van der Waals surface area contributed by atoms with E-state index in [0.717, 1.165) is 54.4 Å². The Balaban J connectivity index is 1.24. The number of hydrogen-bond acceptors (Lipinski definition) is 8. The first kappa shape index (κ1) is 47.8. The van der Waals surface area contributed by atoms with Gasteiger partial charge in [-0.05, 0) is 88.2 Å². The van der Waals surface area contributed by atoms with Crippen molar-refractivity contribution in [2.75, 3.05) is 26.8 Å². The third kappa shape index (κ3) is 8.28. The maximum Gasteiger partial charge on any atom is 0.321 e. The summed E-state index contributed by atoms with van der Waals surface area (Å²) in [4.78, 5) is 16.9. The second-order valence-corrected chi connectivity index (χ2v) is 31.2. The molecule has 4 aromatic carbocycles. The van der Waals surface area contributed by atoms with Gasteiger partial charge in [0.15, 0.2) is 11.2 Å². The van der Waals surface area contributed by atoms with Crippen molar-refractivity contribution in [3.63, 3.8) is 0 Å². The quantitative estimate of drug-likeness (QED) is 0.0789. The Hall–Kier alpha value is -5.30. The topological polar surface area (TPSA) is 83.8 Å². The van der Waals surface area contributed by atoms with Crippen LogP contribution in [0.2, 0.25) is 21.7 Å². The Morgan fingerprint density at radius 2 is 1.51 bits per heavy atom. The number of aromatic nitrogens is 4. The average molecular weight is 956 g/mol. The molecule has 0 bridgehead atoms. The van der Waals surface area contributed by atoms with Gasteiger partial charge in [-0.25, -0.2) is 8.78 Å². The minimum Gasteiger partial charge on any atom is -0.534 e. The maximum atomic E-state index is 16.8. The number of ether oxygens (including phenoxy) is 3. The fourth-order valence-corrected chi connectivity index (χ4v) is 21.6. The van der Waals surface area contributed by atoms with E-state index in [0.29, 0.717) is 63.5 Å². The molecule has 0 unspecified atom stereocenters. The average Bonchev–Trinajstić information content (AvgIpc) is 3.94. The summed E-state index contributed by atoms with van der Waals surface area (Å²) in [7, 11) is -3.87. The lowest BCUT2D eigenvalue weighted by Crippen LogP contribution is -2.68. The summed E-state index contributed by atoms with van der Waals surface area (Å²) < 4.78 is 60.7. The lowest BCUT2D eigenvalue weighted by molar-refractivity contribution is 0.107. The minimum absolute atomic E-state index is 0.0266. The fraction of sp³-hybridized carbons (Fsp3) is 0.473. The fourth-order valence-electron chi connectivity index (χ4n) is 12.0. The number of benzene rings is 4. The molecule has 2 atom stereocenters. The molecular weight excluding hydrogens is 889 g/mol. The van der Waals surface area contributed by atoms with Crippen molar-refractivity contribution < 1.29 is 27.4 Å². The highest BCUT2D eigenvalue weighted by Crippen LogP contribution is 2.47. The molecule has 3 fully saturated rings. The van der Waals surface area contributed by atoms with Crippen molar-refractivity contribution in [2.24, 2.45) is 0 Å². The summed E-state index contributed by atoms with van der Waals surface area (Å²) >= 11 is 0. The molecule has 6 aromatic rings. The van der Waals surface area contributed by atoms with Crippen LogP contribution in [0, 0.1) is 17.3 Å². The van der Waals surface area contributed by atoms with Crippen LogP contribution in [-0.4, -0.2) is 79.3 Å². The molecule has 1 aliphatic carbocycles. The predicted octanol–water partition coefficient (Wildman–Crippen LogP) is 12.1. The number of alkyl halides is 1. The van der Waals surface area contributed by atoms with Crippen molar-refractivity contribution in [1.82, 2.24) is 24.4 Å². The van der Waals surface area contributed by atoms with Gasteiger partial charge in [0.05, 0.1) is 18.2 Å². The number of imidazole rings is 1. The van der Waals surface area contributed by atoms with Gasteiger partial charge in [-0.15, -0.1) is 5.54 Å². The molecule has 0 N–H and O–H groups in total. The van der Waals surface area contributed by atoms with Gasteiger partial charge >= 0.3 is 20.3 Å². The van der Waals surface area contributed by atoms with Gasteiger partial charge in [0.2, 0.25) is 5.88 Å². The molecule has 1 saturated carbocycles. The van der Waals surface area contributed by atoms with Gasteiger partial charge < -0.3 is 18.6 Å². The largest absolute Gasteiger partial charge is 0.534 e. The van der Waals surface area contributed by atoms with Gasteiger partial charge in [0.25, 0.3) is 0 Å². The van der Waals surface area contributed by atoms with Crippen LogP contribution in [0.4, 0.5) is 8.78 Å². The molecule has 13 heteroatoms. The molecular formula is C55H67F2N5O4Si2. The van der Waals surface area contributed by atoms with Crippen molar-refractivity contribution in [3.8, 4) is 40.9 Å². The van der Waals surface area contributed by atoms with Crippen molar-refractivity contribution in [1.29, 1.82) is 0 Å². The normalized spacial score (nSPS) is 19.1. The van der Waals surface area contributed by atoms with E-state index in [2.05, 4.69) is 127 Å². The van der Waals surface area contributed by atoms with Crippen LogP contribution in [0.25, 0.3) is 21.9 Å². The zero-order valence-corrected chi connectivity index (χ0v) is 43.5. The predicted molar refractivity (Wildman–Crippen MR) is 273 cm³/mol. The molecule has 2 aromatic heterocycles. The van der Waals surface area contributed by atoms with E-state index in [1.54, 1.807) is 13.2 Å². The van der Waals surface area contributed by atoms with Crippen LogP contribution >= 0.6 is 0 Å². The molecule has 0 amide bonds. The minimum atomic E-state index is -3.14. The van der Waals surface area contributed by atoms with E-state index in [1.165, 1.54) is 6.07 Å². The number of nitrogens with zero attached hydrogens (tertiary/aromatic N) is 5. The van der Waals surface area contributed by atoms with E-state index in [-0.39, 0.29) is 40.8 Å². The van der Waals surface area contributed by atoms with Crippen LogP contribution in [-0.2, 0) is 0 Å². The Labute approximate surface area is 403 Å². The molecule has 3 aliphatic rings. The third-order valence-electron chi connectivity index (χ3n) is 15.5. The zero-order chi connectivity index (χ0) is 48.2. The van der Waals surface area contributed by atoms with E-state index in [9.17, 15) is 4.39 Å². The Morgan fingerprint density at radius 3 is 2.10 bits per heavy atom. The number of methoxy groups -OCH3 is 1. The van der Waals surface area contributed by atoms with E-state index in [4.69, 9.17) is 33.6 Å². The number of fused-ring (bicyclic) bond motifs is 3. The molecule has 2 saturated heterocycles. The molecule has 0 radical (unpaired) electrons. The Bertz CT molecular complexity index is 2790. The Kier molecular flexibility index (Phi) is 13.0. The van der Waals surface area contributed by atoms with E-state index in [1.807, 2.05) is 28.8 Å². The lowest BCUT2D eigenvalue weighted by atomic mass is 9.93. The van der Waals surface area contributed by atoms with Gasteiger partial charge in [0, 0.05) is 30.5 Å². The SMILES string of the molecule is COc1nc(OC[C@@]23CCCN2C[C@H](F)C3)nc2nc(Oc3cc(O[Si](c4ccccc4)(c4ccccc4)C(C)(C)C)cc4ccc(F)c(C#C[Si](C(C)C)(C(C)C)C(C)C)c34)n(C3CCC3)c12. The maximum absolute atomic E-state index is 16.8. The standard InChI is InChI=1S/C55H67F2N5O4Si2/c1-36(2)67(37(3)4,38(5)6)30-27-45-46(57)26-25-39-31-42(66-68(54(7,8)9,43-21-13-11-14-22-43)44-23-15-12-16-24-44)32-47(48(39)45)65-53-59-50-49(62(53)41-19-17-20-41)51(63-10)60-52(58-50)64-35-55-28-18-29-61(55)34-40(56)33-55/h11-16,21-26,31-32,36-38,40-41H,17-20,28-29,33-35H2,1-10H3/t40-,55+/m1/s1. The summed E-state index contributed by atoms with van der Waals surface area (Å²) in [6, 6.07) is 28.7. The van der Waals surface area contributed by atoms with Gasteiger partial charge in [-0.2, -0.15) is 15.0 Å². The highest BCUT2D eigenvalue weighted by molar-refractivity contribution is 7.00. The van der Waals surface area contributed by atoms with Crippen LogP contribution < -0.4 is 29.0 Å². The first-order valence-electron chi connectivity index (χ1n) is 24.6. The van der Waals surface area contributed by atoms with Crippen LogP contribution in [0.3, 0.4) is 0 Å². The van der Waals surface area contributed by atoms with E-state index >= 15 is 4.39 Å². The zero-order valence-electron chi connectivity index (χ0n) is 41.5. The highest BCUT2D eigenvalue weighted by Gasteiger charge is 2.53. The molecule has 358 valence electrons. The van der Waals surface area contributed by atoms with Gasteiger partial charge in [0.1, 0.15) is 38.2 Å². The first-order valence-corrected chi connectivity index (χ1v) is 28.8. The highest BCUT2D eigenvalue weighted by atomic mass is 28.4. The molecule has 9 rings (SSSR count). The molecule has 4 heterocycles. The van der Waals surface area contributed by atoms with Crippen LogP contribution in [0.1, 0.15) is 112 Å². The lowest BCUT2D eigenvalue weighted by Gasteiger charge is -2.43. The number of hydrogen-bond donors (Lipinski definition) is 0. The summed E-state index contributed by atoms with van der Waals surface area (Å²) in [6.45, 7) is 21.9. The van der Waals surface area contributed by atoms with Crippen LogP contribution in [0.5, 0.6) is 29.4 Å². The van der Waals surface area contributed by atoms with Gasteiger partial charge in [-0.1, -0.05) is 135 Å². The second kappa shape index (κ2) is 18.6. The number of rotatable bonds is 14. The molecule has 68 heavy (non-hydrogen) atoms. The van der Waals surface area contributed by atoms with Crippen molar-refractivity contribution in [3.05, 3.63) is 96.3 Å². The van der Waals surface area contributed by atoms with Crippen molar-refractivity contribution in [2.45, 2.75) is 140 Å². The monoisotopic (exact) mass is 955 g/mol. The summed E-state index contributed by atoms with van der Waals surface area (Å²) in [5, 5.41) is 3.19. The first-order chi connectivity index (χ1) is 32.5. The summed E-state index contributed by atoms with van der Waals surface area (Å²) in [6.07, 6.45) is 4.21.